The van der Waals surface area contributed by atoms with E-state index in [-0.39, 0.29) is 6.04 Å². The van der Waals surface area contributed by atoms with Crippen molar-refractivity contribution in [2.75, 3.05) is 34.4 Å². The molecule has 5 nitrogen and oxygen atoms in total. The molecule has 1 saturated carbocycles. The molecule has 3 atom stereocenters. The molecule has 1 aromatic carbocycles. The van der Waals surface area contributed by atoms with Crippen LogP contribution in [0.1, 0.15) is 24.9 Å². The Labute approximate surface area is 126 Å². The molecule has 1 aliphatic carbocycles. The van der Waals surface area contributed by atoms with Gasteiger partial charge in [0.1, 0.15) is 17.2 Å². The van der Waals surface area contributed by atoms with Crippen molar-refractivity contribution in [3.8, 4) is 17.2 Å². The van der Waals surface area contributed by atoms with Gasteiger partial charge in [-0.05, 0) is 24.8 Å². The van der Waals surface area contributed by atoms with Gasteiger partial charge in [-0.25, -0.2) is 0 Å². The number of hydrogen-bond acceptors (Lipinski definition) is 5. The van der Waals surface area contributed by atoms with E-state index >= 15 is 0 Å². The molecule has 21 heavy (non-hydrogen) atoms. The van der Waals surface area contributed by atoms with Crippen LogP contribution in [0.4, 0.5) is 0 Å². The predicted octanol–water partition coefficient (Wildman–Crippen LogP) is 1.96. The number of benzene rings is 1. The molecule has 3 N–H and O–H groups in total. The fraction of sp³-hybridized carbons (Fsp3) is 0.625. The second-order valence-electron chi connectivity index (χ2n) is 5.62. The van der Waals surface area contributed by atoms with Crippen LogP contribution in [0.15, 0.2) is 12.1 Å². The van der Waals surface area contributed by atoms with Gasteiger partial charge in [-0.1, -0.05) is 6.92 Å². The largest absolute Gasteiger partial charge is 0.496 e. The quantitative estimate of drug-likeness (QED) is 0.767. The first kappa shape index (κ1) is 15.9. The maximum absolute atomic E-state index is 5.96. The zero-order valence-corrected chi connectivity index (χ0v) is 13.3. The number of methoxy groups -OCH3 is 3. The highest BCUT2D eigenvalue weighted by Gasteiger charge is 2.33. The summed E-state index contributed by atoms with van der Waals surface area (Å²) >= 11 is 0. The lowest BCUT2D eigenvalue weighted by Crippen LogP contribution is -2.30. The molecule has 1 fully saturated rings. The van der Waals surface area contributed by atoms with Gasteiger partial charge in [0.2, 0.25) is 0 Å². The first-order valence-electron chi connectivity index (χ1n) is 7.37. The fourth-order valence-corrected chi connectivity index (χ4v) is 2.66. The lowest BCUT2D eigenvalue weighted by molar-refractivity contribution is 0.357. The molecule has 0 saturated heterocycles. The average molecular weight is 294 g/mol. The van der Waals surface area contributed by atoms with Gasteiger partial charge >= 0.3 is 0 Å². The summed E-state index contributed by atoms with van der Waals surface area (Å²) in [6, 6.07) is 3.73. The molecule has 0 aliphatic heterocycles. The molecule has 0 radical (unpaired) electrons. The first-order valence-corrected chi connectivity index (χ1v) is 7.37. The van der Waals surface area contributed by atoms with Crippen molar-refractivity contribution < 1.29 is 14.2 Å². The van der Waals surface area contributed by atoms with Crippen LogP contribution in [0, 0.1) is 11.8 Å². The third kappa shape index (κ3) is 3.60. The van der Waals surface area contributed by atoms with Crippen LogP contribution in [0.2, 0.25) is 0 Å². The Morgan fingerprint density at radius 1 is 1.19 bits per heavy atom. The summed E-state index contributed by atoms with van der Waals surface area (Å²) in [6.07, 6.45) is 1.29. The van der Waals surface area contributed by atoms with E-state index in [1.807, 2.05) is 12.1 Å². The summed E-state index contributed by atoms with van der Waals surface area (Å²) in [5.74, 6) is 3.75. The fourth-order valence-electron chi connectivity index (χ4n) is 2.66. The molecule has 5 heteroatoms. The maximum Gasteiger partial charge on any atom is 0.131 e. The van der Waals surface area contributed by atoms with E-state index in [2.05, 4.69) is 12.2 Å². The summed E-state index contributed by atoms with van der Waals surface area (Å²) in [7, 11) is 4.92. The minimum atomic E-state index is 0.00797. The van der Waals surface area contributed by atoms with Crippen LogP contribution in [0.5, 0.6) is 17.2 Å². The van der Waals surface area contributed by atoms with E-state index in [0.29, 0.717) is 12.3 Å². The Morgan fingerprint density at radius 2 is 1.76 bits per heavy atom. The van der Waals surface area contributed by atoms with Crippen LogP contribution in [0.25, 0.3) is 0 Å². The smallest absolute Gasteiger partial charge is 0.131 e. The zero-order chi connectivity index (χ0) is 15.4. The van der Waals surface area contributed by atoms with E-state index in [1.54, 1.807) is 21.3 Å². The summed E-state index contributed by atoms with van der Waals surface area (Å²) in [4.78, 5) is 0. The third-order valence-electron chi connectivity index (χ3n) is 4.24. The Kier molecular flexibility index (Phi) is 5.31. The monoisotopic (exact) mass is 294 g/mol. The van der Waals surface area contributed by atoms with Crippen LogP contribution in [-0.2, 0) is 0 Å². The normalized spacial score (nSPS) is 21.8. The molecule has 3 unspecified atom stereocenters. The summed E-state index contributed by atoms with van der Waals surface area (Å²) in [5.41, 5.74) is 6.91. The molecular formula is C16H26N2O3. The van der Waals surface area contributed by atoms with Crippen molar-refractivity contribution in [1.29, 1.82) is 0 Å². The molecule has 0 aromatic heterocycles. The molecule has 0 spiro atoms. The van der Waals surface area contributed by atoms with Crippen molar-refractivity contribution in [3.05, 3.63) is 17.7 Å². The topological polar surface area (TPSA) is 65.7 Å². The standard InChI is InChI=1S/C16H26N2O3/c1-10-5-11(10)9-18-13(8-17)16-14(20-3)6-12(19-2)7-15(16)21-4/h6-7,10-11,13,18H,5,8-9,17H2,1-4H3. The number of nitrogens with one attached hydrogen (secondary N) is 1. The minimum Gasteiger partial charge on any atom is -0.496 e. The Balaban J connectivity index is 2.24. The number of rotatable bonds is 8. The van der Waals surface area contributed by atoms with Crippen molar-refractivity contribution >= 4 is 0 Å². The molecule has 1 aromatic rings. The Hall–Kier alpha value is -1.46. The van der Waals surface area contributed by atoms with Crippen molar-refractivity contribution in [3.63, 3.8) is 0 Å². The average Bonchev–Trinajstić information content (AvgIpc) is 3.22. The van der Waals surface area contributed by atoms with Gasteiger partial charge in [0.25, 0.3) is 0 Å². The van der Waals surface area contributed by atoms with Gasteiger partial charge in [0.15, 0.2) is 0 Å². The summed E-state index contributed by atoms with van der Waals surface area (Å²) < 4.78 is 16.3. The highest BCUT2D eigenvalue weighted by atomic mass is 16.5. The predicted molar refractivity (Wildman–Crippen MR) is 83.2 cm³/mol. The highest BCUT2D eigenvalue weighted by Crippen LogP contribution is 2.40. The number of hydrogen-bond donors (Lipinski definition) is 2. The second kappa shape index (κ2) is 7.00. The molecule has 118 valence electrons. The molecule has 0 amide bonds. The summed E-state index contributed by atoms with van der Waals surface area (Å²) in [6.45, 7) is 3.74. The van der Waals surface area contributed by atoms with Crippen LogP contribution in [0.3, 0.4) is 0 Å². The highest BCUT2D eigenvalue weighted by molar-refractivity contribution is 5.52. The number of ether oxygens (including phenoxy) is 3. The van der Waals surface area contributed by atoms with Gasteiger partial charge in [-0.15, -0.1) is 0 Å². The Bertz CT molecular complexity index is 454. The molecule has 0 heterocycles. The molecule has 1 aliphatic rings. The van der Waals surface area contributed by atoms with E-state index in [9.17, 15) is 0 Å². The van der Waals surface area contributed by atoms with Crippen molar-refractivity contribution in [1.82, 2.24) is 5.32 Å². The summed E-state index contributed by atoms with van der Waals surface area (Å²) in [5, 5.41) is 3.54. The SMILES string of the molecule is COc1cc(OC)c(C(CN)NCC2CC2C)c(OC)c1. The van der Waals surface area contributed by atoms with Crippen molar-refractivity contribution in [2.45, 2.75) is 19.4 Å². The lowest BCUT2D eigenvalue weighted by Gasteiger charge is -2.23. The zero-order valence-electron chi connectivity index (χ0n) is 13.3. The van der Waals surface area contributed by atoms with Gasteiger partial charge in [0.05, 0.1) is 32.9 Å². The van der Waals surface area contributed by atoms with E-state index in [0.717, 1.165) is 35.4 Å². The van der Waals surface area contributed by atoms with E-state index in [1.165, 1.54) is 6.42 Å². The van der Waals surface area contributed by atoms with E-state index < -0.39 is 0 Å². The van der Waals surface area contributed by atoms with Crippen LogP contribution in [-0.4, -0.2) is 34.4 Å². The third-order valence-corrected chi connectivity index (χ3v) is 4.24. The lowest BCUT2D eigenvalue weighted by atomic mass is 10.0. The van der Waals surface area contributed by atoms with Crippen LogP contribution >= 0.6 is 0 Å². The van der Waals surface area contributed by atoms with Gasteiger partial charge in [-0.3, -0.25) is 0 Å². The van der Waals surface area contributed by atoms with Gasteiger partial charge in [-0.2, -0.15) is 0 Å². The number of nitrogens with two attached hydrogens (primary N) is 1. The Morgan fingerprint density at radius 3 is 2.14 bits per heavy atom. The molecule has 0 bridgehead atoms. The minimum absolute atomic E-state index is 0.00797. The van der Waals surface area contributed by atoms with Crippen molar-refractivity contribution in [2.24, 2.45) is 17.6 Å². The first-order chi connectivity index (χ1) is 10.1. The molecular weight excluding hydrogens is 268 g/mol. The molecule has 2 rings (SSSR count). The maximum atomic E-state index is 5.96. The van der Waals surface area contributed by atoms with Crippen LogP contribution < -0.4 is 25.3 Å². The van der Waals surface area contributed by atoms with Gasteiger partial charge in [0, 0.05) is 18.7 Å². The van der Waals surface area contributed by atoms with E-state index in [4.69, 9.17) is 19.9 Å². The van der Waals surface area contributed by atoms with Gasteiger partial charge < -0.3 is 25.3 Å². The second-order valence-corrected chi connectivity index (χ2v) is 5.62.